The summed E-state index contributed by atoms with van der Waals surface area (Å²) in [7, 11) is 1.37. The zero-order chi connectivity index (χ0) is 19.7. The molecule has 0 radical (unpaired) electrons. The number of hydrogen-bond acceptors (Lipinski definition) is 7. The molecule has 0 aliphatic rings. The van der Waals surface area contributed by atoms with E-state index in [1.165, 1.54) is 6.92 Å². The van der Waals surface area contributed by atoms with Gasteiger partial charge in [0.25, 0.3) is 0 Å². The summed E-state index contributed by atoms with van der Waals surface area (Å²) in [5, 5.41) is 0. The number of quaternary nitrogens is 1. The molecule has 0 aromatic heterocycles. The molecule has 9 nitrogen and oxygen atoms in total. The molecule has 0 spiro atoms. The van der Waals surface area contributed by atoms with Crippen LogP contribution in [-0.2, 0) is 32.6 Å². The molecule has 0 amide bonds. The lowest BCUT2D eigenvalue weighted by atomic mass is 10.3. The van der Waals surface area contributed by atoms with Crippen LogP contribution in [0.1, 0.15) is 20.8 Å². The minimum Gasteiger partial charge on any atom is -0.402 e. The number of esters is 1. The Balaban J connectivity index is 4.96. The molecule has 1 N–H and O–H groups in total. The molecule has 0 aromatic rings. The van der Waals surface area contributed by atoms with E-state index in [1.807, 2.05) is 21.1 Å². The molecule has 0 aliphatic carbocycles. The molecular weight excluding hydrogens is 353 g/mol. The number of carbonyl (C=O) groups excluding carboxylic acids is 1. The van der Waals surface area contributed by atoms with E-state index in [4.69, 9.17) is 23.3 Å². The standard InChI is InChI=1S/C15H30NO8P/c1-8-20-15(21-9-2,24-14(17)13(3)4)12-23-25(18,19)22-11-10-16(5,6)7/h3,8-12H2,1-2,4-7H3/p+1. The van der Waals surface area contributed by atoms with E-state index < -0.39 is 26.4 Å². The number of carbonyl (C=O) groups is 1. The van der Waals surface area contributed by atoms with Crippen LogP contribution < -0.4 is 0 Å². The molecule has 0 bridgehead atoms. The summed E-state index contributed by atoms with van der Waals surface area (Å²) in [5.74, 6) is -2.73. The fourth-order valence-corrected chi connectivity index (χ4v) is 2.22. The van der Waals surface area contributed by atoms with Crippen LogP contribution in [-0.4, -0.2) is 75.4 Å². The van der Waals surface area contributed by atoms with Gasteiger partial charge in [-0.3, -0.25) is 9.05 Å². The highest BCUT2D eigenvalue weighted by molar-refractivity contribution is 7.47. The van der Waals surface area contributed by atoms with Gasteiger partial charge in [-0.15, -0.1) is 0 Å². The number of phosphoric ester groups is 1. The van der Waals surface area contributed by atoms with Gasteiger partial charge in [0.2, 0.25) is 0 Å². The Hall–Kier alpha value is -0.800. The Morgan fingerprint density at radius 3 is 2.08 bits per heavy atom. The second-order valence-corrected chi connectivity index (χ2v) is 7.76. The number of phosphoric acid groups is 1. The molecule has 0 saturated carbocycles. The molecule has 0 aromatic carbocycles. The van der Waals surface area contributed by atoms with Crippen LogP contribution in [0.2, 0.25) is 0 Å². The largest absolute Gasteiger partial charge is 0.472 e. The fourth-order valence-electron chi connectivity index (χ4n) is 1.51. The summed E-state index contributed by atoms with van der Waals surface area (Å²) in [6.07, 6.45) is 0. The van der Waals surface area contributed by atoms with E-state index in [1.54, 1.807) is 13.8 Å². The maximum absolute atomic E-state index is 12.0. The van der Waals surface area contributed by atoms with E-state index in [0.29, 0.717) is 11.0 Å². The highest BCUT2D eigenvalue weighted by Gasteiger charge is 2.40. The lowest BCUT2D eigenvalue weighted by molar-refractivity contribution is -0.870. The van der Waals surface area contributed by atoms with E-state index in [2.05, 4.69) is 6.58 Å². The first-order valence-corrected chi connectivity index (χ1v) is 9.45. The van der Waals surface area contributed by atoms with Gasteiger partial charge in [-0.05, 0) is 20.8 Å². The third-order valence-corrected chi connectivity index (χ3v) is 3.71. The highest BCUT2D eigenvalue weighted by atomic mass is 31.2. The van der Waals surface area contributed by atoms with Gasteiger partial charge in [0.05, 0.1) is 34.4 Å². The summed E-state index contributed by atoms with van der Waals surface area (Å²) in [4.78, 5) is 21.6. The number of nitrogens with zero attached hydrogens (tertiary/aromatic N) is 1. The van der Waals surface area contributed by atoms with Crippen molar-refractivity contribution in [3.8, 4) is 0 Å². The van der Waals surface area contributed by atoms with Gasteiger partial charge >= 0.3 is 19.8 Å². The van der Waals surface area contributed by atoms with Gasteiger partial charge in [0, 0.05) is 5.57 Å². The van der Waals surface area contributed by atoms with Crippen LogP contribution in [0.25, 0.3) is 0 Å². The lowest BCUT2D eigenvalue weighted by Gasteiger charge is -2.32. The molecule has 0 rings (SSSR count). The van der Waals surface area contributed by atoms with Crippen molar-refractivity contribution in [2.45, 2.75) is 26.7 Å². The maximum Gasteiger partial charge on any atom is 0.472 e. The van der Waals surface area contributed by atoms with Crippen molar-refractivity contribution >= 4 is 13.8 Å². The molecule has 10 heteroatoms. The van der Waals surface area contributed by atoms with E-state index >= 15 is 0 Å². The number of likely N-dealkylation sites (N-methyl/N-ethyl adjacent to an activating group) is 1. The van der Waals surface area contributed by atoms with Crippen LogP contribution in [0.5, 0.6) is 0 Å². The molecule has 148 valence electrons. The van der Waals surface area contributed by atoms with Crippen LogP contribution in [0.4, 0.5) is 0 Å². The van der Waals surface area contributed by atoms with Crippen molar-refractivity contribution < 1.29 is 42.0 Å². The molecule has 0 heterocycles. The third kappa shape index (κ3) is 10.7. The second-order valence-electron chi connectivity index (χ2n) is 6.31. The molecule has 0 fully saturated rings. The summed E-state index contributed by atoms with van der Waals surface area (Å²) in [6, 6.07) is 0. The van der Waals surface area contributed by atoms with Crippen molar-refractivity contribution in [1.29, 1.82) is 0 Å². The van der Waals surface area contributed by atoms with Crippen LogP contribution >= 0.6 is 7.82 Å². The summed E-state index contributed by atoms with van der Waals surface area (Å²) in [6.45, 7) is 8.35. The van der Waals surface area contributed by atoms with Crippen molar-refractivity contribution in [2.24, 2.45) is 0 Å². The predicted molar refractivity (Wildman–Crippen MR) is 91.5 cm³/mol. The van der Waals surface area contributed by atoms with Crippen molar-refractivity contribution in [2.75, 3.05) is 54.1 Å². The number of rotatable bonds is 13. The van der Waals surface area contributed by atoms with Crippen LogP contribution in [0.15, 0.2) is 12.2 Å². The minimum atomic E-state index is -4.37. The van der Waals surface area contributed by atoms with Gasteiger partial charge in [0.15, 0.2) is 6.61 Å². The zero-order valence-electron chi connectivity index (χ0n) is 15.9. The smallest absolute Gasteiger partial charge is 0.402 e. The monoisotopic (exact) mass is 384 g/mol. The number of hydrogen-bond donors (Lipinski definition) is 1. The molecule has 25 heavy (non-hydrogen) atoms. The highest BCUT2D eigenvalue weighted by Crippen LogP contribution is 2.44. The Labute approximate surface area is 149 Å². The predicted octanol–water partition coefficient (Wildman–Crippen LogP) is 1.67. The summed E-state index contributed by atoms with van der Waals surface area (Å²) in [5.41, 5.74) is 0.121. The van der Waals surface area contributed by atoms with Gasteiger partial charge in [-0.25, -0.2) is 9.36 Å². The van der Waals surface area contributed by atoms with Crippen molar-refractivity contribution in [3.05, 3.63) is 12.2 Å². The summed E-state index contributed by atoms with van der Waals surface area (Å²) < 4.78 is 38.2. The average molecular weight is 384 g/mol. The lowest BCUT2D eigenvalue weighted by Crippen LogP contribution is -2.45. The van der Waals surface area contributed by atoms with Crippen molar-refractivity contribution in [1.82, 2.24) is 0 Å². The Bertz CT molecular complexity index is 482. The Morgan fingerprint density at radius 2 is 1.68 bits per heavy atom. The molecule has 1 unspecified atom stereocenters. The molecule has 0 aliphatic heterocycles. The maximum atomic E-state index is 12.0. The topological polar surface area (TPSA) is 101 Å². The zero-order valence-corrected chi connectivity index (χ0v) is 16.8. The quantitative estimate of drug-likeness (QED) is 0.168. The normalized spacial score (nSPS) is 14.8. The third-order valence-electron chi connectivity index (χ3n) is 2.75. The number of ether oxygens (including phenoxy) is 3. The SMILES string of the molecule is C=C(C)C(=O)OC(COP(=O)(O)OCC[N+](C)(C)C)(OCC)OCC. The van der Waals surface area contributed by atoms with Crippen molar-refractivity contribution in [3.63, 3.8) is 0 Å². The molecular formula is C15H31NO8P+. The summed E-state index contributed by atoms with van der Waals surface area (Å²) >= 11 is 0. The van der Waals surface area contributed by atoms with E-state index in [-0.39, 0.29) is 25.4 Å². The van der Waals surface area contributed by atoms with Crippen LogP contribution in [0, 0.1) is 0 Å². The second kappa shape index (κ2) is 10.4. The van der Waals surface area contributed by atoms with Crippen LogP contribution in [0.3, 0.4) is 0 Å². The first kappa shape index (κ1) is 24.2. The first-order chi connectivity index (χ1) is 11.4. The van der Waals surface area contributed by atoms with E-state index in [9.17, 15) is 14.3 Å². The van der Waals surface area contributed by atoms with Gasteiger partial charge in [-0.2, -0.15) is 0 Å². The van der Waals surface area contributed by atoms with E-state index in [0.717, 1.165) is 0 Å². The molecule has 0 saturated heterocycles. The van der Waals surface area contributed by atoms with Gasteiger partial charge in [0.1, 0.15) is 13.2 Å². The van der Waals surface area contributed by atoms with Gasteiger partial charge in [-0.1, -0.05) is 6.58 Å². The first-order valence-electron chi connectivity index (χ1n) is 7.95. The fraction of sp³-hybridized carbons (Fsp3) is 0.800. The minimum absolute atomic E-state index is 0.0130. The Kier molecular flexibility index (Phi) is 10.0. The molecule has 1 atom stereocenters. The average Bonchev–Trinajstić information content (AvgIpc) is 2.44. The Morgan fingerprint density at radius 1 is 1.16 bits per heavy atom. The van der Waals surface area contributed by atoms with Gasteiger partial charge < -0.3 is 23.6 Å².